The third-order valence-corrected chi connectivity index (χ3v) is 3.50. The number of rotatable bonds is 3. The van der Waals surface area contributed by atoms with Crippen LogP contribution in [0.2, 0.25) is 0 Å². The molecular weight excluding hydrogens is 272 g/mol. The molecule has 2 aromatic rings. The monoisotopic (exact) mass is 286 g/mol. The van der Waals surface area contributed by atoms with Gasteiger partial charge in [0.1, 0.15) is 6.04 Å². The maximum atomic E-state index is 12.3. The number of furan rings is 1. The van der Waals surface area contributed by atoms with Crippen molar-refractivity contribution >= 4 is 17.7 Å². The number of nitrogens with one attached hydrogen (secondary N) is 1. The molecule has 0 spiro atoms. The van der Waals surface area contributed by atoms with Gasteiger partial charge in [-0.1, -0.05) is 18.2 Å². The molecule has 6 heteroatoms. The van der Waals surface area contributed by atoms with E-state index in [1.807, 2.05) is 12.1 Å². The zero-order valence-electron chi connectivity index (χ0n) is 11.2. The summed E-state index contributed by atoms with van der Waals surface area (Å²) >= 11 is 0. The van der Waals surface area contributed by atoms with Crippen LogP contribution in [0.15, 0.2) is 47.3 Å². The van der Waals surface area contributed by atoms with Crippen molar-refractivity contribution in [3.8, 4) is 0 Å². The Labute approximate surface area is 121 Å². The summed E-state index contributed by atoms with van der Waals surface area (Å²) in [7, 11) is 0. The highest BCUT2D eigenvalue weighted by molar-refractivity contribution is 6.01. The lowest BCUT2D eigenvalue weighted by Crippen LogP contribution is -2.47. The van der Waals surface area contributed by atoms with Crippen LogP contribution in [0.5, 0.6) is 0 Å². The molecule has 0 fully saturated rings. The van der Waals surface area contributed by atoms with Crippen LogP contribution in [0.3, 0.4) is 0 Å². The maximum absolute atomic E-state index is 12.3. The second-order valence-corrected chi connectivity index (χ2v) is 4.85. The zero-order valence-corrected chi connectivity index (χ0v) is 11.2. The first-order valence-corrected chi connectivity index (χ1v) is 6.55. The molecule has 0 saturated carbocycles. The molecule has 0 saturated heterocycles. The number of fused-ring (bicyclic) bond motifs is 1. The molecule has 2 heterocycles. The number of benzene rings is 1. The van der Waals surface area contributed by atoms with Crippen LogP contribution in [-0.2, 0) is 17.8 Å². The van der Waals surface area contributed by atoms with Gasteiger partial charge in [0.25, 0.3) is 0 Å². The Morgan fingerprint density at radius 3 is 2.86 bits per heavy atom. The Bertz CT molecular complexity index is 666. The fourth-order valence-electron chi connectivity index (χ4n) is 2.49. The lowest BCUT2D eigenvalue weighted by Gasteiger charge is -2.22. The molecule has 2 N–H and O–H groups in total. The maximum Gasteiger partial charge on any atom is 0.327 e. The Morgan fingerprint density at radius 1 is 1.33 bits per heavy atom. The summed E-state index contributed by atoms with van der Waals surface area (Å²) in [6.45, 7) is 0.292. The van der Waals surface area contributed by atoms with Crippen molar-refractivity contribution in [1.82, 2.24) is 5.32 Å². The average Bonchev–Trinajstić information content (AvgIpc) is 3.11. The van der Waals surface area contributed by atoms with Crippen LogP contribution in [0.4, 0.5) is 10.5 Å². The molecule has 2 amide bonds. The van der Waals surface area contributed by atoms with E-state index in [1.54, 1.807) is 18.2 Å². The number of carboxylic acid groups (broad SMARTS) is 1. The summed E-state index contributed by atoms with van der Waals surface area (Å²) in [5.74, 6) is -1.01. The van der Waals surface area contributed by atoms with Crippen LogP contribution >= 0.6 is 0 Å². The predicted molar refractivity (Wildman–Crippen MR) is 75.0 cm³/mol. The number of urea groups is 1. The number of carbonyl (C=O) groups is 2. The van der Waals surface area contributed by atoms with E-state index in [4.69, 9.17) is 4.42 Å². The molecule has 6 nitrogen and oxygen atoms in total. The van der Waals surface area contributed by atoms with E-state index in [1.165, 1.54) is 17.4 Å². The van der Waals surface area contributed by atoms with Crippen molar-refractivity contribution in [1.29, 1.82) is 0 Å². The first-order valence-electron chi connectivity index (χ1n) is 6.55. The third kappa shape index (κ3) is 2.47. The minimum absolute atomic E-state index is 0.292. The highest BCUT2D eigenvalue weighted by Crippen LogP contribution is 2.32. The third-order valence-electron chi connectivity index (χ3n) is 3.50. The van der Waals surface area contributed by atoms with Gasteiger partial charge in [-0.2, -0.15) is 0 Å². The Morgan fingerprint density at radius 2 is 2.14 bits per heavy atom. The summed E-state index contributed by atoms with van der Waals surface area (Å²) in [4.78, 5) is 25.0. The quantitative estimate of drug-likeness (QED) is 0.904. The van der Waals surface area contributed by atoms with E-state index in [2.05, 4.69) is 5.32 Å². The molecule has 1 aromatic carbocycles. The standard InChI is InChI=1S/C15H14N2O4/c18-14(19)13-7-11-3-1-2-4-12(11)17(13)15(20)16-8-10-5-6-21-9-10/h1-6,9,13H,7-8H2,(H,16,20)(H,18,19). The summed E-state index contributed by atoms with van der Waals surface area (Å²) < 4.78 is 4.93. The molecule has 0 aliphatic carbocycles. The Kier molecular flexibility index (Phi) is 3.35. The number of para-hydroxylation sites is 1. The topological polar surface area (TPSA) is 82.8 Å². The van der Waals surface area contributed by atoms with E-state index in [0.717, 1.165) is 11.1 Å². The fourth-order valence-corrected chi connectivity index (χ4v) is 2.49. The highest BCUT2D eigenvalue weighted by Gasteiger charge is 2.38. The van der Waals surface area contributed by atoms with Crippen molar-refractivity contribution in [2.75, 3.05) is 4.90 Å². The number of hydrogen-bond donors (Lipinski definition) is 2. The number of amides is 2. The normalized spacial score (nSPS) is 16.6. The number of carbonyl (C=O) groups excluding carboxylic acids is 1. The van der Waals surface area contributed by atoms with Crippen molar-refractivity contribution in [2.45, 2.75) is 19.0 Å². The van der Waals surface area contributed by atoms with Crippen LogP contribution in [0, 0.1) is 0 Å². The number of aliphatic carboxylic acids is 1. The Hall–Kier alpha value is -2.76. The SMILES string of the molecule is O=C(O)C1Cc2ccccc2N1C(=O)NCc1ccoc1. The second kappa shape index (κ2) is 5.32. The fraction of sp³-hybridized carbons (Fsp3) is 0.200. The van der Waals surface area contributed by atoms with Crippen LogP contribution in [-0.4, -0.2) is 23.1 Å². The lowest BCUT2D eigenvalue weighted by atomic mass is 10.1. The van der Waals surface area contributed by atoms with Crippen molar-refractivity contribution in [3.63, 3.8) is 0 Å². The van der Waals surface area contributed by atoms with Gasteiger partial charge in [-0.15, -0.1) is 0 Å². The zero-order chi connectivity index (χ0) is 14.8. The minimum atomic E-state index is -1.01. The summed E-state index contributed by atoms with van der Waals surface area (Å²) in [5, 5.41) is 12.0. The largest absolute Gasteiger partial charge is 0.480 e. The van der Waals surface area contributed by atoms with Gasteiger partial charge in [0, 0.05) is 24.2 Å². The summed E-state index contributed by atoms with van der Waals surface area (Å²) in [6.07, 6.45) is 3.38. The van der Waals surface area contributed by atoms with Crippen molar-refractivity contribution in [2.24, 2.45) is 0 Å². The van der Waals surface area contributed by atoms with Gasteiger partial charge in [0.15, 0.2) is 0 Å². The van der Waals surface area contributed by atoms with Crippen molar-refractivity contribution in [3.05, 3.63) is 54.0 Å². The van der Waals surface area contributed by atoms with Gasteiger partial charge in [-0.05, 0) is 17.7 Å². The van der Waals surface area contributed by atoms with Gasteiger partial charge >= 0.3 is 12.0 Å². The van der Waals surface area contributed by atoms with E-state index >= 15 is 0 Å². The number of nitrogens with zero attached hydrogens (tertiary/aromatic N) is 1. The molecule has 3 rings (SSSR count). The van der Waals surface area contributed by atoms with E-state index in [0.29, 0.717) is 18.7 Å². The number of hydrogen-bond acceptors (Lipinski definition) is 3. The molecule has 1 aliphatic heterocycles. The highest BCUT2D eigenvalue weighted by atomic mass is 16.4. The van der Waals surface area contributed by atoms with E-state index in [9.17, 15) is 14.7 Å². The average molecular weight is 286 g/mol. The van der Waals surface area contributed by atoms with Crippen LogP contribution < -0.4 is 10.2 Å². The van der Waals surface area contributed by atoms with E-state index < -0.39 is 18.0 Å². The van der Waals surface area contributed by atoms with Gasteiger partial charge < -0.3 is 14.8 Å². The van der Waals surface area contributed by atoms with Gasteiger partial charge in [0.05, 0.1) is 12.5 Å². The van der Waals surface area contributed by atoms with Gasteiger partial charge in [0.2, 0.25) is 0 Å². The van der Waals surface area contributed by atoms with E-state index in [-0.39, 0.29) is 0 Å². The number of anilines is 1. The molecule has 1 aliphatic rings. The molecule has 0 bridgehead atoms. The van der Waals surface area contributed by atoms with Gasteiger partial charge in [-0.3, -0.25) is 4.90 Å². The molecule has 0 radical (unpaired) electrons. The second-order valence-electron chi connectivity index (χ2n) is 4.85. The smallest absolute Gasteiger partial charge is 0.327 e. The molecule has 108 valence electrons. The summed E-state index contributed by atoms with van der Waals surface area (Å²) in [5.41, 5.74) is 2.33. The molecule has 1 atom stereocenters. The van der Waals surface area contributed by atoms with Gasteiger partial charge in [-0.25, -0.2) is 9.59 Å². The number of carboxylic acids is 1. The van der Waals surface area contributed by atoms with Crippen LogP contribution in [0.25, 0.3) is 0 Å². The predicted octanol–water partition coefficient (Wildman–Crippen LogP) is 2.01. The summed E-state index contributed by atoms with van der Waals surface area (Å²) in [6, 6.07) is 7.68. The lowest BCUT2D eigenvalue weighted by molar-refractivity contribution is -0.138. The Balaban J connectivity index is 1.80. The molecule has 21 heavy (non-hydrogen) atoms. The first kappa shape index (κ1) is 13.2. The van der Waals surface area contributed by atoms with Crippen molar-refractivity contribution < 1.29 is 19.1 Å². The first-order chi connectivity index (χ1) is 10.2. The van der Waals surface area contributed by atoms with Crippen LogP contribution in [0.1, 0.15) is 11.1 Å². The molecule has 1 unspecified atom stereocenters. The molecular formula is C15H14N2O4. The molecule has 1 aromatic heterocycles. The minimum Gasteiger partial charge on any atom is -0.480 e.